The molecule has 1 rings (SSSR count). The Kier molecular flexibility index (Phi) is 2.63. The maximum Gasteiger partial charge on any atom is 0.341 e. The highest BCUT2D eigenvalue weighted by molar-refractivity contribution is 7.89. The number of ether oxygens (including phenoxy) is 1. The summed E-state index contributed by atoms with van der Waals surface area (Å²) in [5, 5.41) is 4.36. The zero-order valence-electron chi connectivity index (χ0n) is 7.60. The lowest BCUT2D eigenvalue weighted by Crippen LogP contribution is -2.11. The summed E-state index contributed by atoms with van der Waals surface area (Å²) < 4.78 is 30.9. The Bertz CT molecular complexity index is 458. The maximum absolute atomic E-state index is 11.1. The molecule has 14 heavy (non-hydrogen) atoms. The van der Waals surface area contributed by atoms with E-state index in [0.717, 1.165) is 6.07 Å². The van der Waals surface area contributed by atoms with Crippen molar-refractivity contribution in [2.24, 2.45) is 5.14 Å². The van der Waals surface area contributed by atoms with Crippen LogP contribution in [0.2, 0.25) is 0 Å². The van der Waals surface area contributed by atoms with Gasteiger partial charge in [-0.05, 0) is 6.92 Å². The van der Waals surface area contributed by atoms with Gasteiger partial charge in [0.1, 0.15) is 11.3 Å². The number of primary sulfonamides is 1. The lowest BCUT2D eigenvalue weighted by Gasteiger charge is -1.93. The minimum atomic E-state index is -3.92. The molecule has 0 bridgehead atoms. The molecule has 1 aromatic rings. The first kappa shape index (κ1) is 10.7. The largest absolute Gasteiger partial charge is 0.465 e. The zero-order chi connectivity index (χ0) is 10.9. The van der Waals surface area contributed by atoms with Gasteiger partial charge < -0.3 is 9.15 Å². The molecule has 0 aliphatic rings. The van der Waals surface area contributed by atoms with Crippen molar-refractivity contribution in [1.82, 2.24) is 0 Å². The summed E-state index contributed by atoms with van der Waals surface area (Å²) in [5.41, 5.74) is 0.0523. The molecule has 78 valence electrons. The van der Waals surface area contributed by atoms with Gasteiger partial charge in [-0.1, -0.05) is 0 Å². The van der Waals surface area contributed by atoms with Gasteiger partial charge in [-0.2, -0.15) is 0 Å². The number of sulfonamides is 1. The minimum Gasteiger partial charge on any atom is -0.465 e. The van der Waals surface area contributed by atoms with E-state index in [-0.39, 0.29) is 11.3 Å². The maximum atomic E-state index is 11.1. The minimum absolute atomic E-state index is 0.0523. The van der Waals surface area contributed by atoms with Gasteiger partial charge in [0, 0.05) is 6.07 Å². The number of carbonyl (C=O) groups is 1. The molecule has 0 spiro atoms. The van der Waals surface area contributed by atoms with Crippen molar-refractivity contribution in [1.29, 1.82) is 0 Å². The lowest BCUT2D eigenvalue weighted by atomic mass is 10.3. The number of nitrogens with two attached hydrogens (primary N) is 1. The third-order valence-electron chi connectivity index (χ3n) is 1.58. The molecule has 0 aliphatic carbocycles. The number of methoxy groups -OCH3 is 1. The van der Waals surface area contributed by atoms with E-state index in [2.05, 4.69) is 4.74 Å². The van der Waals surface area contributed by atoms with E-state index in [9.17, 15) is 13.2 Å². The monoisotopic (exact) mass is 219 g/mol. The van der Waals surface area contributed by atoms with Gasteiger partial charge in [0.2, 0.25) is 5.09 Å². The Morgan fingerprint density at radius 3 is 2.50 bits per heavy atom. The van der Waals surface area contributed by atoms with Crippen LogP contribution in [0.3, 0.4) is 0 Å². The fourth-order valence-electron chi connectivity index (χ4n) is 0.908. The van der Waals surface area contributed by atoms with Crippen molar-refractivity contribution in [2.45, 2.75) is 12.0 Å². The summed E-state index contributed by atoms with van der Waals surface area (Å²) in [6.45, 7) is 1.45. The highest BCUT2D eigenvalue weighted by Crippen LogP contribution is 2.18. The van der Waals surface area contributed by atoms with Crippen LogP contribution >= 0.6 is 0 Å². The Morgan fingerprint density at radius 1 is 1.57 bits per heavy atom. The number of hydrogen-bond acceptors (Lipinski definition) is 5. The van der Waals surface area contributed by atoms with E-state index in [1.54, 1.807) is 0 Å². The van der Waals surface area contributed by atoms with Gasteiger partial charge in [0.25, 0.3) is 10.0 Å². The van der Waals surface area contributed by atoms with E-state index in [0.29, 0.717) is 0 Å². The van der Waals surface area contributed by atoms with Crippen LogP contribution in [0.5, 0.6) is 0 Å². The summed E-state index contributed by atoms with van der Waals surface area (Å²) in [6.07, 6.45) is 0. The lowest BCUT2D eigenvalue weighted by molar-refractivity contribution is 0.0599. The van der Waals surface area contributed by atoms with Crippen LogP contribution in [0, 0.1) is 6.92 Å². The predicted molar refractivity (Wildman–Crippen MR) is 46.2 cm³/mol. The number of rotatable bonds is 2. The standard InChI is InChI=1S/C7H9NO5S/c1-4-5(7(9)12-2)3-6(13-4)14(8,10)11/h3H,1-2H3,(H2,8,10,11). The molecule has 0 unspecified atom stereocenters. The number of furan rings is 1. The smallest absolute Gasteiger partial charge is 0.341 e. The topological polar surface area (TPSA) is 99.6 Å². The fraction of sp³-hybridized carbons (Fsp3) is 0.286. The third kappa shape index (κ3) is 1.94. The predicted octanol–water partition coefficient (Wildman–Crippen LogP) is 0.0220. The molecule has 0 radical (unpaired) electrons. The second kappa shape index (κ2) is 3.43. The van der Waals surface area contributed by atoms with Gasteiger partial charge in [0.15, 0.2) is 0 Å². The number of esters is 1. The molecule has 2 N–H and O–H groups in total. The molecule has 0 saturated carbocycles. The average molecular weight is 219 g/mol. The molecule has 0 saturated heterocycles. The van der Waals surface area contributed by atoms with Gasteiger partial charge in [-0.3, -0.25) is 0 Å². The molecule has 0 atom stereocenters. The second-order valence-electron chi connectivity index (χ2n) is 2.57. The third-order valence-corrected chi connectivity index (χ3v) is 2.34. The number of carbonyl (C=O) groups excluding carboxylic acids is 1. The van der Waals surface area contributed by atoms with Crippen molar-refractivity contribution in [3.8, 4) is 0 Å². The van der Waals surface area contributed by atoms with Crippen LogP contribution in [0.25, 0.3) is 0 Å². The van der Waals surface area contributed by atoms with Crippen LogP contribution in [-0.4, -0.2) is 21.5 Å². The van der Waals surface area contributed by atoms with Crippen LogP contribution in [-0.2, 0) is 14.8 Å². The van der Waals surface area contributed by atoms with Crippen LogP contribution in [0.4, 0.5) is 0 Å². The molecule has 0 fully saturated rings. The summed E-state index contributed by atoms with van der Waals surface area (Å²) >= 11 is 0. The van der Waals surface area contributed by atoms with Gasteiger partial charge in [-0.15, -0.1) is 0 Å². The van der Waals surface area contributed by atoms with Gasteiger partial charge >= 0.3 is 5.97 Å². The van der Waals surface area contributed by atoms with Crippen LogP contribution < -0.4 is 5.14 Å². The highest BCUT2D eigenvalue weighted by Gasteiger charge is 2.20. The van der Waals surface area contributed by atoms with Crippen molar-refractivity contribution in [2.75, 3.05) is 7.11 Å². The molecule has 6 nitrogen and oxygen atoms in total. The van der Waals surface area contributed by atoms with Crippen LogP contribution in [0.15, 0.2) is 15.6 Å². The SMILES string of the molecule is COC(=O)c1cc(S(N)(=O)=O)oc1C. The van der Waals surface area contributed by atoms with E-state index in [4.69, 9.17) is 9.56 Å². The first-order valence-electron chi connectivity index (χ1n) is 3.58. The second-order valence-corrected chi connectivity index (χ2v) is 4.06. The Labute approximate surface area is 80.7 Å². The van der Waals surface area contributed by atoms with Gasteiger partial charge in [-0.25, -0.2) is 18.4 Å². The molecule has 7 heteroatoms. The first-order chi connectivity index (χ1) is 6.36. The number of hydrogen-bond donors (Lipinski definition) is 1. The summed E-state index contributed by atoms with van der Waals surface area (Å²) in [7, 11) is -2.73. The van der Waals surface area contributed by atoms with E-state index in [1.165, 1.54) is 14.0 Å². The van der Waals surface area contributed by atoms with Crippen molar-refractivity contribution < 1.29 is 22.4 Å². The van der Waals surface area contributed by atoms with E-state index >= 15 is 0 Å². The Balaban J connectivity index is 3.25. The first-order valence-corrected chi connectivity index (χ1v) is 5.12. The molecular weight excluding hydrogens is 210 g/mol. The zero-order valence-corrected chi connectivity index (χ0v) is 8.42. The summed E-state index contributed by atoms with van der Waals surface area (Å²) in [4.78, 5) is 11.1. The van der Waals surface area contributed by atoms with Crippen molar-refractivity contribution in [3.63, 3.8) is 0 Å². The normalized spacial score (nSPS) is 11.4. The van der Waals surface area contributed by atoms with E-state index in [1.807, 2.05) is 0 Å². The Hall–Kier alpha value is -1.34. The van der Waals surface area contributed by atoms with Crippen molar-refractivity contribution in [3.05, 3.63) is 17.4 Å². The quantitative estimate of drug-likeness (QED) is 0.707. The summed E-state index contributed by atoms with van der Waals surface area (Å²) in [5.74, 6) is -0.512. The van der Waals surface area contributed by atoms with Gasteiger partial charge in [0.05, 0.1) is 7.11 Å². The number of aryl methyl sites for hydroxylation is 1. The fourth-order valence-corrected chi connectivity index (χ4v) is 1.43. The molecule has 0 aliphatic heterocycles. The highest BCUT2D eigenvalue weighted by atomic mass is 32.2. The van der Waals surface area contributed by atoms with E-state index < -0.39 is 21.1 Å². The van der Waals surface area contributed by atoms with Crippen LogP contribution in [0.1, 0.15) is 16.1 Å². The Morgan fingerprint density at radius 2 is 2.14 bits per heavy atom. The molecule has 0 amide bonds. The molecule has 1 heterocycles. The average Bonchev–Trinajstić information content (AvgIpc) is 2.45. The van der Waals surface area contributed by atoms with Crippen molar-refractivity contribution >= 4 is 16.0 Å². The molecule has 0 aromatic carbocycles. The molecular formula is C7H9NO5S. The molecule has 1 aromatic heterocycles. The summed E-state index contributed by atoms with van der Waals surface area (Å²) in [6, 6.07) is 1.04.